The van der Waals surface area contributed by atoms with Crippen molar-refractivity contribution < 1.29 is 14.7 Å². The summed E-state index contributed by atoms with van der Waals surface area (Å²) in [5.41, 5.74) is 0. The fourth-order valence-electron chi connectivity index (χ4n) is 1.34. The number of hydrogen-bond acceptors (Lipinski definition) is 3. The van der Waals surface area contributed by atoms with Crippen molar-refractivity contribution in [3.63, 3.8) is 0 Å². The zero-order valence-electron chi connectivity index (χ0n) is 6.41. The first-order valence-electron chi connectivity index (χ1n) is 3.58. The molecule has 0 radical (unpaired) electrons. The highest BCUT2D eigenvalue weighted by molar-refractivity contribution is 6.02. The number of carboxylic acid groups (broad SMARTS) is 1. The van der Waals surface area contributed by atoms with Crippen molar-refractivity contribution in [2.24, 2.45) is 0 Å². The van der Waals surface area contributed by atoms with Crippen LogP contribution in [0, 0.1) is 0 Å². The van der Waals surface area contributed by atoms with Crippen LogP contribution in [0.15, 0.2) is 0 Å². The van der Waals surface area contributed by atoms with Crippen LogP contribution in [0.3, 0.4) is 0 Å². The molecule has 1 rings (SSSR count). The van der Waals surface area contributed by atoms with Crippen LogP contribution in [0.1, 0.15) is 12.8 Å². The summed E-state index contributed by atoms with van der Waals surface area (Å²) in [6.45, 7) is 0.697. The van der Waals surface area contributed by atoms with Gasteiger partial charge in [0.05, 0.1) is 0 Å². The fourth-order valence-corrected chi connectivity index (χ4v) is 1.34. The molecule has 1 fully saturated rings. The normalized spacial score (nSPS) is 27.0. The Balaban J connectivity index is 2.70. The second-order valence-electron chi connectivity index (χ2n) is 2.79. The van der Waals surface area contributed by atoms with Crippen LogP contribution >= 0.6 is 0 Å². The Labute approximate surface area is 64.8 Å². The zero-order chi connectivity index (χ0) is 8.43. The molecule has 0 aromatic rings. The van der Waals surface area contributed by atoms with E-state index in [0.29, 0.717) is 13.0 Å². The van der Waals surface area contributed by atoms with E-state index in [4.69, 9.17) is 5.11 Å². The minimum atomic E-state index is -1.03. The first-order valence-corrected chi connectivity index (χ1v) is 3.58. The largest absolute Gasteiger partial charge is 0.480 e. The molecule has 0 bridgehead atoms. The summed E-state index contributed by atoms with van der Waals surface area (Å²) in [5.74, 6) is -1.21. The van der Waals surface area contributed by atoms with E-state index in [0.717, 1.165) is 6.42 Å². The van der Waals surface area contributed by atoms with Crippen LogP contribution in [0.5, 0.6) is 0 Å². The van der Waals surface area contributed by atoms with Gasteiger partial charge >= 0.3 is 5.97 Å². The number of nitrogens with zero attached hydrogens (tertiary/aromatic N) is 1. The number of carbonyl (C=O) groups excluding carboxylic acids is 1. The van der Waals surface area contributed by atoms with E-state index in [2.05, 4.69) is 0 Å². The third kappa shape index (κ3) is 1.57. The summed E-state index contributed by atoms with van der Waals surface area (Å²) in [7, 11) is 1.66. The first kappa shape index (κ1) is 8.20. The van der Waals surface area contributed by atoms with Crippen LogP contribution in [0.4, 0.5) is 0 Å². The number of aliphatic carboxylic acids is 1. The van der Waals surface area contributed by atoms with E-state index in [1.54, 1.807) is 11.9 Å². The highest BCUT2D eigenvalue weighted by Gasteiger charge is 2.32. The Kier molecular flexibility index (Phi) is 2.24. The SMILES string of the molecule is CN1CCCC(=O)C1C(=O)O. The number of likely N-dealkylation sites (tertiary alicyclic amines) is 1. The maximum absolute atomic E-state index is 11.0. The van der Waals surface area contributed by atoms with E-state index < -0.39 is 12.0 Å². The number of carboxylic acids is 1. The van der Waals surface area contributed by atoms with Gasteiger partial charge in [0.1, 0.15) is 0 Å². The standard InChI is InChI=1S/C7H11NO3/c1-8-4-2-3-5(9)6(8)7(10)11/h6H,2-4H2,1H3,(H,10,11). The highest BCUT2D eigenvalue weighted by atomic mass is 16.4. The maximum atomic E-state index is 11.0. The van der Waals surface area contributed by atoms with Gasteiger partial charge in [0.15, 0.2) is 11.8 Å². The predicted molar refractivity (Wildman–Crippen MR) is 38.3 cm³/mol. The van der Waals surface area contributed by atoms with Crippen molar-refractivity contribution in [1.29, 1.82) is 0 Å². The Morgan fingerprint density at radius 3 is 2.73 bits per heavy atom. The smallest absolute Gasteiger partial charge is 0.328 e. The second kappa shape index (κ2) is 3.00. The minimum absolute atomic E-state index is 0.175. The maximum Gasteiger partial charge on any atom is 0.328 e. The number of Topliss-reactive ketones (excluding diaryl/α,β-unsaturated/α-hetero) is 1. The third-order valence-corrected chi connectivity index (χ3v) is 1.91. The molecule has 1 aliphatic rings. The van der Waals surface area contributed by atoms with E-state index in [1.807, 2.05) is 0 Å². The molecule has 0 amide bonds. The molecule has 1 aliphatic heterocycles. The molecule has 62 valence electrons. The molecular weight excluding hydrogens is 146 g/mol. The van der Waals surface area contributed by atoms with Crippen molar-refractivity contribution >= 4 is 11.8 Å². The minimum Gasteiger partial charge on any atom is -0.480 e. The van der Waals surface area contributed by atoms with E-state index in [9.17, 15) is 9.59 Å². The molecule has 0 spiro atoms. The molecule has 4 heteroatoms. The molecule has 4 nitrogen and oxygen atoms in total. The van der Waals surface area contributed by atoms with Crippen molar-refractivity contribution in [1.82, 2.24) is 4.90 Å². The van der Waals surface area contributed by atoms with E-state index in [-0.39, 0.29) is 5.78 Å². The number of likely N-dealkylation sites (N-methyl/N-ethyl adjacent to an activating group) is 1. The molecule has 1 unspecified atom stereocenters. The summed E-state index contributed by atoms with van der Waals surface area (Å²) < 4.78 is 0. The van der Waals surface area contributed by atoms with Gasteiger partial charge < -0.3 is 5.11 Å². The van der Waals surface area contributed by atoms with E-state index >= 15 is 0 Å². The van der Waals surface area contributed by atoms with Gasteiger partial charge in [-0.2, -0.15) is 0 Å². The number of carbonyl (C=O) groups is 2. The lowest BCUT2D eigenvalue weighted by Crippen LogP contribution is -2.48. The number of piperidine rings is 1. The van der Waals surface area contributed by atoms with Gasteiger partial charge in [0.2, 0.25) is 0 Å². The Hall–Kier alpha value is -0.900. The van der Waals surface area contributed by atoms with Crippen LogP contribution < -0.4 is 0 Å². The molecule has 0 aromatic heterocycles. The molecule has 11 heavy (non-hydrogen) atoms. The van der Waals surface area contributed by atoms with Crippen LogP contribution in [0.2, 0.25) is 0 Å². The average molecular weight is 157 g/mol. The van der Waals surface area contributed by atoms with Crippen molar-refractivity contribution in [3.8, 4) is 0 Å². The summed E-state index contributed by atoms with van der Waals surface area (Å²) >= 11 is 0. The summed E-state index contributed by atoms with van der Waals surface area (Å²) in [5, 5.41) is 8.62. The average Bonchev–Trinajstić information content (AvgIpc) is 1.85. The summed E-state index contributed by atoms with van der Waals surface area (Å²) in [6, 6.07) is -0.899. The fraction of sp³-hybridized carbons (Fsp3) is 0.714. The molecule has 1 atom stereocenters. The molecule has 1 N–H and O–H groups in total. The van der Waals surface area contributed by atoms with Gasteiger partial charge in [-0.15, -0.1) is 0 Å². The molecule has 0 aromatic carbocycles. The molecule has 1 heterocycles. The molecule has 0 aliphatic carbocycles. The van der Waals surface area contributed by atoms with Crippen molar-refractivity contribution in [2.45, 2.75) is 18.9 Å². The monoisotopic (exact) mass is 157 g/mol. The highest BCUT2D eigenvalue weighted by Crippen LogP contribution is 2.11. The van der Waals surface area contributed by atoms with Crippen molar-refractivity contribution in [2.75, 3.05) is 13.6 Å². The number of ketones is 1. The van der Waals surface area contributed by atoms with Gasteiger partial charge in [-0.25, -0.2) is 0 Å². The lowest BCUT2D eigenvalue weighted by Gasteiger charge is -2.27. The quantitative estimate of drug-likeness (QED) is 0.532. The molecular formula is C7H11NO3. The second-order valence-corrected chi connectivity index (χ2v) is 2.79. The lowest BCUT2D eigenvalue weighted by atomic mass is 10.0. The number of hydrogen-bond donors (Lipinski definition) is 1. The van der Waals surface area contributed by atoms with Crippen LogP contribution in [-0.4, -0.2) is 41.4 Å². The Morgan fingerprint density at radius 2 is 2.36 bits per heavy atom. The molecule has 1 saturated heterocycles. The summed E-state index contributed by atoms with van der Waals surface area (Å²) in [6.07, 6.45) is 1.18. The predicted octanol–water partition coefficient (Wildman–Crippen LogP) is -0.266. The van der Waals surface area contributed by atoms with Gasteiger partial charge in [0.25, 0.3) is 0 Å². The van der Waals surface area contributed by atoms with Gasteiger partial charge in [-0.3, -0.25) is 14.5 Å². The first-order chi connectivity index (χ1) is 5.13. The van der Waals surface area contributed by atoms with Crippen LogP contribution in [0.25, 0.3) is 0 Å². The zero-order valence-corrected chi connectivity index (χ0v) is 6.41. The topological polar surface area (TPSA) is 57.6 Å². The van der Waals surface area contributed by atoms with Gasteiger partial charge in [-0.05, 0) is 20.0 Å². The van der Waals surface area contributed by atoms with Gasteiger partial charge in [0, 0.05) is 6.42 Å². The van der Waals surface area contributed by atoms with E-state index in [1.165, 1.54) is 0 Å². The van der Waals surface area contributed by atoms with Crippen molar-refractivity contribution in [3.05, 3.63) is 0 Å². The third-order valence-electron chi connectivity index (χ3n) is 1.91. The van der Waals surface area contributed by atoms with Gasteiger partial charge in [-0.1, -0.05) is 0 Å². The van der Waals surface area contributed by atoms with Crippen LogP contribution in [-0.2, 0) is 9.59 Å². The Bertz CT molecular complexity index is 190. The molecule has 0 saturated carbocycles. The Morgan fingerprint density at radius 1 is 1.73 bits per heavy atom. The lowest BCUT2D eigenvalue weighted by molar-refractivity contribution is -0.149. The summed E-state index contributed by atoms with van der Waals surface area (Å²) in [4.78, 5) is 23.1. The number of rotatable bonds is 1.